The largest absolute Gasteiger partial charge is 0.384 e. The van der Waals surface area contributed by atoms with Gasteiger partial charge in [-0.2, -0.15) is 0 Å². The van der Waals surface area contributed by atoms with E-state index in [4.69, 9.17) is 88.5 Å². The zero-order valence-electron chi connectivity index (χ0n) is 68.2. The first-order valence-electron chi connectivity index (χ1n) is 41.2. The van der Waals surface area contributed by atoms with Crippen molar-refractivity contribution in [2.75, 3.05) is 93.9 Å². The Morgan fingerprint density at radius 1 is 0.418 bits per heavy atom. The molecular weight excluding hydrogens is 1710 g/mol. The minimum Gasteiger partial charge on any atom is -0.384 e. The molecule has 32 heteroatoms. The van der Waals surface area contributed by atoms with Gasteiger partial charge < -0.3 is 20.6 Å². The monoisotopic (exact) mass is 1800 g/mol. The Labute approximate surface area is 749 Å². The number of Topliss-reactive ketones (excluding diaryl/α,β-unsaturated/α-hetero) is 2. The smallest absolute Gasteiger partial charge is 0.226 e. The van der Waals surface area contributed by atoms with Crippen LogP contribution in [0.25, 0.3) is 23.5 Å². The van der Waals surface area contributed by atoms with Crippen LogP contribution in [0, 0.1) is 35.3 Å². The molecule has 0 amide bonds. The lowest BCUT2D eigenvalue weighted by Crippen LogP contribution is -2.32. The Kier molecular flexibility index (Phi) is 32.2. The van der Waals surface area contributed by atoms with E-state index in [0.29, 0.717) is 46.6 Å². The van der Waals surface area contributed by atoms with Gasteiger partial charge in [-0.15, -0.1) is 17.3 Å². The van der Waals surface area contributed by atoms with Crippen LogP contribution < -0.4 is 10.6 Å². The number of H-pyrrole nitrogens is 2. The third-order valence-electron chi connectivity index (χ3n) is 23.9. The summed E-state index contributed by atoms with van der Waals surface area (Å²) >= 11 is 29.5. The average Bonchev–Trinajstić information content (AvgIpc) is 1.44. The number of nitrogens with one attached hydrogen (secondary N) is 4. The number of imidazole rings is 2. The van der Waals surface area contributed by atoms with Crippen molar-refractivity contribution in [2.24, 2.45) is 23.7 Å². The Hall–Kier alpha value is -7.60. The van der Waals surface area contributed by atoms with E-state index in [1.807, 2.05) is 104 Å². The van der Waals surface area contributed by atoms with Gasteiger partial charge in [0.05, 0.1) is 63.9 Å². The summed E-state index contributed by atoms with van der Waals surface area (Å²) in [5.74, 6) is 2.60. The van der Waals surface area contributed by atoms with Crippen molar-refractivity contribution < 1.29 is 58.1 Å². The molecule has 18 rings (SSSR count). The number of fused-ring (bicyclic) bond motifs is 8. The predicted octanol–water partition coefficient (Wildman–Crippen LogP) is 18.1. The summed E-state index contributed by atoms with van der Waals surface area (Å²) < 4.78 is 28.8. The van der Waals surface area contributed by atoms with Gasteiger partial charge in [0.2, 0.25) is 5.02 Å². The van der Waals surface area contributed by atoms with Crippen LogP contribution in [0.4, 0.5) is 0 Å². The molecule has 0 radical (unpaired) electrons. The minimum atomic E-state index is 0.107. The molecule has 4 aliphatic heterocycles. The number of pyridine rings is 4. The Morgan fingerprint density at radius 2 is 0.820 bits per heavy atom. The molecule has 0 saturated carbocycles. The quantitative estimate of drug-likeness (QED) is 0.0190. The summed E-state index contributed by atoms with van der Waals surface area (Å²) in [5, 5.41) is 10.2. The summed E-state index contributed by atoms with van der Waals surface area (Å²) in [6.45, 7) is 8.92. The fourth-order valence-corrected chi connectivity index (χ4v) is 21.0. The number of aromatic amines is 2. The Balaban J connectivity index is 0.000000127. The number of piperidine rings is 4. The number of hydrogen-bond acceptors (Lipinski definition) is 26. The van der Waals surface area contributed by atoms with E-state index >= 15 is 0 Å². The van der Waals surface area contributed by atoms with Gasteiger partial charge in [0.25, 0.3) is 0 Å². The maximum atomic E-state index is 12.9. The molecule has 4 aromatic carbocycles. The minimum absolute atomic E-state index is 0.107. The molecule has 4 aliphatic carbocycles. The van der Waals surface area contributed by atoms with Gasteiger partial charge in [0.15, 0.2) is 23.2 Å². The van der Waals surface area contributed by atoms with Crippen molar-refractivity contribution in [1.29, 1.82) is 0 Å². The number of nitrogens with zero attached hydrogens (tertiary/aromatic N) is 10. The number of benzene rings is 4. The lowest BCUT2D eigenvalue weighted by atomic mass is 9.76. The molecule has 4 N–H and O–H groups in total. The van der Waals surface area contributed by atoms with Crippen LogP contribution in [0.3, 0.4) is 0 Å². The van der Waals surface area contributed by atoms with Crippen LogP contribution in [0.5, 0.6) is 0 Å². The molecule has 6 aromatic heterocycles. The summed E-state index contributed by atoms with van der Waals surface area (Å²) in [7, 11) is 6.08. The first-order chi connectivity index (χ1) is 59.8. The van der Waals surface area contributed by atoms with Gasteiger partial charge in [-0.25, -0.2) is 46.7 Å². The van der Waals surface area contributed by atoms with Crippen LogP contribution in [0.15, 0.2) is 171 Å². The average molecular weight is 1810 g/mol. The van der Waals surface area contributed by atoms with E-state index in [0.717, 1.165) is 230 Å². The number of carbonyl (C=O) groups excluding carboxylic acids is 2. The predicted molar refractivity (Wildman–Crippen MR) is 478 cm³/mol. The molecular formula is C90H99Cl4N14O10S4+. The van der Waals surface area contributed by atoms with Crippen molar-refractivity contribution in [1.82, 2.24) is 67.7 Å². The van der Waals surface area contributed by atoms with Crippen molar-refractivity contribution in [2.45, 2.75) is 101 Å². The van der Waals surface area contributed by atoms with Gasteiger partial charge in [-0.3, -0.25) is 29.5 Å². The van der Waals surface area contributed by atoms with E-state index in [1.165, 1.54) is 99.6 Å². The molecule has 10 aromatic rings. The first-order valence-corrected chi connectivity index (χ1v) is 45.5. The SMILES string of the molecule is COOSN1CCC(C2c3ccc(Cl)cc3C(=O)Cc3cccnc32)CC1.COOSN1CCC(C2c3ccc(Cl)cc3C=C(NCCc3cnc[nH]3)c3cccnc32)CC1.COOSN1CCC(C2c3ccc(Cl)cc3CC(=O)c3cccnc32)CC1.COOSN1CCC(C2c3ccc([ClH+])cc3C(NCCc3cnc[nH]3)=Cc3cccnc32)CC1. The highest BCUT2D eigenvalue weighted by Gasteiger charge is 2.41. The van der Waals surface area contributed by atoms with E-state index < -0.39 is 0 Å². The molecule has 122 heavy (non-hydrogen) atoms. The second-order valence-electron chi connectivity index (χ2n) is 31.0. The maximum absolute atomic E-state index is 12.9. The molecule has 4 atom stereocenters. The molecule has 4 fully saturated rings. The van der Waals surface area contributed by atoms with E-state index in [2.05, 4.69) is 123 Å². The van der Waals surface area contributed by atoms with Crippen LogP contribution >= 0.6 is 83.7 Å². The summed E-state index contributed by atoms with van der Waals surface area (Å²) in [5.41, 5.74) is 21.6. The Bertz CT molecular complexity index is 5160. The van der Waals surface area contributed by atoms with Gasteiger partial charge in [0, 0.05) is 224 Å². The molecule has 4 unspecified atom stereocenters. The van der Waals surface area contributed by atoms with Crippen molar-refractivity contribution in [3.05, 3.63) is 292 Å². The highest BCUT2D eigenvalue weighted by molar-refractivity contribution is 7.92. The fraction of sp³-hybridized carbons (Fsp3) is 0.378. The van der Waals surface area contributed by atoms with Crippen molar-refractivity contribution in [3.8, 4) is 0 Å². The van der Waals surface area contributed by atoms with Crippen LogP contribution in [0.1, 0.15) is 186 Å². The molecule has 8 aliphatic rings. The van der Waals surface area contributed by atoms with Crippen LogP contribution in [-0.2, 0) is 62.6 Å². The molecule has 4 saturated heterocycles. The number of rotatable bonds is 24. The number of ketones is 2. The Morgan fingerprint density at radius 3 is 1.35 bits per heavy atom. The lowest BCUT2D eigenvalue weighted by Gasteiger charge is -2.35. The summed E-state index contributed by atoms with van der Waals surface area (Å²) in [6, 6.07) is 40.4. The van der Waals surface area contributed by atoms with Crippen molar-refractivity contribution >= 4 is 119 Å². The topological polar surface area (TPSA) is 254 Å². The standard InChI is InChI=1S/C25H28ClN5O2S.C25H29ClN5O2S.2C20H21ClN2O3S/c1-32-33-34-31-11-7-17(8-12-31)24-21-5-4-19(26)13-18(21)14-23(22-3-2-9-29-25(22)24)28-10-6-20-15-27-16-30-20;1-32-33-34-31-11-7-17(8-12-31)24-21-5-4-19(26)14-22(21)23(13-18-3-2-9-29-25(18)24)28-10-6-20-15-27-16-30-20;1-25-26-27-23-9-6-13(7-10-23)19-16-5-4-15(21)11-14(16)12-18(24)17-3-2-8-22-20(17)19;1-25-26-27-23-9-6-13(7-10-23)19-16-5-4-15(21)12-17(16)18(24)11-14-3-2-8-22-20(14)19/h2-5,9,13-17,24,28H,6-8,10-12H2,1H3,(H,27,30);2-5,9,13-17,24,26,28H,6-8,10-12H2,1H3,(H,27,30);2-5,8,11,13,19H,6-7,9-10,12H2,1H3;2-5,8,12-13,19H,6-7,9-11H2,1H3/q;+1;;. The summed E-state index contributed by atoms with van der Waals surface area (Å²) in [6.07, 6.45) is 29.7. The molecule has 0 spiro atoms. The first kappa shape index (κ1) is 89.2. The third kappa shape index (κ3) is 22.2. The fourth-order valence-electron chi connectivity index (χ4n) is 18.3. The third-order valence-corrected chi connectivity index (χ3v) is 27.9. The molecule has 24 nitrogen and oxygen atoms in total. The van der Waals surface area contributed by atoms with Gasteiger partial charge in [-0.1, -0.05) is 71.2 Å². The second-order valence-corrected chi connectivity index (χ2v) is 36.0. The van der Waals surface area contributed by atoms with Gasteiger partial charge in [0.1, 0.15) is 48.9 Å². The number of halogens is 4. The zero-order valence-corrected chi connectivity index (χ0v) is 74.6. The molecule has 0 bridgehead atoms. The van der Waals surface area contributed by atoms with Gasteiger partial charge >= 0.3 is 0 Å². The number of carbonyl (C=O) groups is 2. The van der Waals surface area contributed by atoms with E-state index in [1.54, 1.807) is 18.9 Å². The highest BCUT2D eigenvalue weighted by atomic mass is 35.5. The maximum Gasteiger partial charge on any atom is 0.226 e. The highest BCUT2D eigenvalue weighted by Crippen LogP contribution is 2.50. The molecule has 640 valence electrons. The number of aromatic nitrogens is 8. The lowest BCUT2D eigenvalue weighted by molar-refractivity contribution is -0.288. The number of hydrogen-bond donors (Lipinski definition) is 4. The van der Waals surface area contributed by atoms with Crippen molar-refractivity contribution in [3.63, 3.8) is 0 Å². The van der Waals surface area contributed by atoms with E-state index in [-0.39, 0.29) is 35.2 Å². The normalized spacial score (nSPS) is 19.6. The van der Waals surface area contributed by atoms with Crippen LogP contribution in [0.2, 0.25) is 20.1 Å². The van der Waals surface area contributed by atoms with Gasteiger partial charge in [-0.05, 0) is 204 Å². The van der Waals surface area contributed by atoms with E-state index in [9.17, 15) is 9.59 Å². The van der Waals surface area contributed by atoms with Crippen LogP contribution in [-0.4, -0.2) is 163 Å². The zero-order chi connectivity index (χ0) is 84.3. The second kappa shape index (κ2) is 44.0. The summed E-state index contributed by atoms with van der Waals surface area (Å²) in [4.78, 5) is 78.4. The molecule has 10 heterocycles.